The van der Waals surface area contributed by atoms with Gasteiger partial charge in [0.2, 0.25) is 0 Å². The van der Waals surface area contributed by atoms with Gasteiger partial charge in [-0.05, 0) is 32.4 Å². The zero-order valence-corrected chi connectivity index (χ0v) is 9.28. The molecule has 0 aromatic carbocycles. The minimum absolute atomic E-state index is 0.107. The van der Waals surface area contributed by atoms with Crippen molar-refractivity contribution >= 4 is 5.97 Å². The third-order valence-corrected chi connectivity index (χ3v) is 1.83. The topological polar surface area (TPSA) is 51.2 Å². The molecule has 0 aliphatic heterocycles. The van der Waals surface area contributed by atoms with Gasteiger partial charge in [0.05, 0.1) is 11.3 Å². The van der Waals surface area contributed by atoms with Gasteiger partial charge < -0.3 is 4.84 Å². The Morgan fingerprint density at radius 1 is 1.60 bits per heavy atom. The normalized spacial score (nSPS) is 10.4. The summed E-state index contributed by atoms with van der Waals surface area (Å²) < 4.78 is 0. The molecule has 0 bridgehead atoms. The summed E-state index contributed by atoms with van der Waals surface area (Å²) in [5, 5.41) is 0. The SMILES string of the molecule is CCc1ncccc1C(=O)ONC(C)C. The molecule has 4 nitrogen and oxygen atoms in total. The van der Waals surface area contributed by atoms with E-state index in [1.165, 1.54) is 0 Å². The maximum atomic E-state index is 11.6. The van der Waals surface area contributed by atoms with Crippen LogP contribution < -0.4 is 5.48 Å². The Morgan fingerprint density at radius 3 is 2.93 bits per heavy atom. The summed E-state index contributed by atoms with van der Waals surface area (Å²) in [6.07, 6.45) is 2.39. The van der Waals surface area contributed by atoms with Crippen LogP contribution in [0.2, 0.25) is 0 Å². The molecule has 1 aromatic heterocycles. The molecular weight excluding hydrogens is 192 g/mol. The quantitative estimate of drug-likeness (QED) is 0.765. The van der Waals surface area contributed by atoms with Gasteiger partial charge in [0.1, 0.15) is 0 Å². The van der Waals surface area contributed by atoms with Crippen LogP contribution in [0.15, 0.2) is 18.3 Å². The van der Waals surface area contributed by atoms with Crippen molar-refractivity contribution < 1.29 is 9.63 Å². The number of aryl methyl sites for hydroxylation is 1. The van der Waals surface area contributed by atoms with Crippen LogP contribution in [0.25, 0.3) is 0 Å². The molecule has 1 N–H and O–H groups in total. The summed E-state index contributed by atoms with van der Waals surface area (Å²) in [6.45, 7) is 5.75. The van der Waals surface area contributed by atoms with Crippen molar-refractivity contribution in [3.05, 3.63) is 29.6 Å². The standard InChI is InChI=1S/C11H16N2O2/c1-4-10-9(6-5-7-12-10)11(14)15-13-8(2)3/h5-8,13H,4H2,1-3H3. The minimum Gasteiger partial charge on any atom is -0.366 e. The van der Waals surface area contributed by atoms with Crippen molar-refractivity contribution in [3.63, 3.8) is 0 Å². The van der Waals surface area contributed by atoms with E-state index in [0.717, 1.165) is 5.69 Å². The van der Waals surface area contributed by atoms with Crippen LogP contribution >= 0.6 is 0 Å². The van der Waals surface area contributed by atoms with Gasteiger partial charge in [-0.15, -0.1) is 0 Å². The Hall–Kier alpha value is -1.42. The molecule has 0 fully saturated rings. The van der Waals surface area contributed by atoms with Crippen LogP contribution in [-0.4, -0.2) is 17.0 Å². The van der Waals surface area contributed by atoms with Crippen LogP contribution in [-0.2, 0) is 11.3 Å². The molecule has 0 aliphatic carbocycles. The molecular formula is C11H16N2O2. The number of aromatic nitrogens is 1. The lowest BCUT2D eigenvalue weighted by Crippen LogP contribution is -2.27. The van der Waals surface area contributed by atoms with Crippen molar-refractivity contribution in [2.45, 2.75) is 33.2 Å². The summed E-state index contributed by atoms with van der Waals surface area (Å²) in [7, 11) is 0. The van der Waals surface area contributed by atoms with Gasteiger partial charge in [0.25, 0.3) is 0 Å². The van der Waals surface area contributed by atoms with Gasteiger partial charge in [-0.2, -0.15) is 5.48 Å². The molecule has 0 spiro atoms. The van der Waals surface area contributed by atoms with E-state index in [4.69, 9.17) is 4.84 Å². The molecule has 15 heavy (non-hydrogen) atoms. The minimum atomic E-state index is -0.381. The van der Waals surface area contributed by atoms with E-state index in [2.05, 4.69) is 10.5 Å². The summed E-state index contributed by atoms with van der Waals surface area (Å²) >= 11 is 0. The van der Waals surface area contributed by atoms with Crippen molar-refractivity contribution in [3.8, 4) is 0 Å². The molecule has 1 aromatic rings. The molecule has 82 valence electrons. The van der Waals surface area contributed by atoms with Crippen LogP contribution in [0.3, 0.4) is 0 Å². The average molecular weight is 208 g/mol. The second-order valence-corrected chi connectivity index (χ2v) is 3.51. The molecule has 0 atom stereocenters. The van der Waals surface area contributed by atoms with Crippen LogP contribution in [0.1, 0.15) is 36.8 Å². The van der Waals surface area contributed by atoms with Gasteiger partial charge in [-0.3, -0.25) is 4.98 Å². The van der Waals surface area contributed by atoms with Gasteiger partial charge in [-0.25, -0.2) is 4.79 Å². The number of hydrogen-bond acceptors (Lipinski definition) is 4. The predicted octanol–water partition coefficient (Wildman–Crippen LogP) is 1.71. The fourth-order valence-corrected chi connectivity index (χ4v) is 1.13. The third-order valence-electron chi connectivity index (χ3n) is 1.83. The van der Waals surface area contributed by atoms with E-state index < -0.39 is 0 Å². The Bertz CT molecular complexity index is 337. The van der Waals surface area contributed by atoms with Gasteiger partial charge in [-0.1, -0.05) is 6.92 Å². The highest BCUT2D eigenvalue weighted by Gasteiger charge is 2.12. The van der Waals surface area contributed by atoms with Crippen LogP contribution in [0.5, 0.6) is 0 Å². The monoisotopic (exact) mass is 208 g/mol. The molecule has 0 radical (unpaired) electrons. The maximum absolute atomic E-state index is 11.6. The van der Waals surface area contributed by atoms with E-state index in [1.807, 2.05) is 20.8 Å². The zero-order valence-electron chi connectivity index (χ0n) is 9.28. The fraction of sp³-hybridized carbons (Fsp3) is 0.455. The number of pyridine rings is 1. The number of nitrogens with zero attached hydrogens (tertiary/aromatic N) is 1. The number of carbonyl (C=O) groups is 1. The highest BCUT2D eigenvalue weighted by atomic mass is 16.7. The summed E-state index contributed by atoms with van der Waals surface area (Å²) in [5.41, 5.74) is 3.90. The highest BCUT2D eigenvalue weighted by molar-refractivity contribution is 5.90. The number of nitrogens with one attached hydrogen (secondary N) is 1. The Kier molecular flexibility index (Phi) is 4.24. The van der Waals surface area contributed by atoms with E-state index >= 15 is 0 Å². The van der Waals surface area contributed by atoms with E-state index in [0.29, 0.717) is 12.0 Å². The number of hydroxylamine groups is 1. The molecule has 1 rings (SSSR count). The number of hydrogen-bond donors (Lipinski definition) is 1. The van der Waals surface area contributed by atoms with Crippen molar-refractivity contribution in [1.29, 1.82) is 0 Å². The summed E-state index contributed by atoms with van der Waals surface area (Å²) in [6, 6.07) is 3.55. The molecule has 1 heterocycles. The van der Waals surface area contributed by atoms with E-state index in [-0.39, 0.29) is 12.0 Å². The first-order valence-corrected chi connectivity index (χ1v) is 5.05. The lowest BCUT2D eigenvalue weighted by molar-refractivity contribution is 0.0186. The summed E-state index contributed by atoms with van der Waals surface area (Å²) in [5.74, 6) is -0.381. The van der Waals surface area contributed by atoms with E-state index in [1.54, 1.807) is 18.3 Å². The summed E-state index contributed by atoms with van der Waals surface area (Å²) in [4.78, 5) is 20.6. The lowest BCUT2D eigenvalue weighted by Gasteiger charge is -2.09. The first-order valence-electron chi connectivity index (χ1n) is 5.05. The molecule has 0 aliphatic rings. The first kappa shape index (κ1) is 11.7. The first-order chi connectivity index (χ1) is 7.15. The zero-order chi connectivity index (χ0) is 11.3. The largest absolute Gasteiger partial charge is 0.366 e. The highest BCUT2D eigenvalue weighted by Crippen LogP contribution is 2.07. The van der Waals surface area contributed by atoms with E-state index in [9.17, 15) is 4.79 Å². The van der Waals surface area contributed by atoms with Gasteiger partial charge in [0, 0.05) is 12.2 Å². The number of carbonyl (C=O) groups excluding carboxylic acids is 1. The molecule has 0 amide bonds. The second-order valence-electron chi connectivity index (χ2n) is 3.51. The van der Waals surface area contributed by atoms with Crippen molar-refractivity contribution in [2.75, 3.05) is 0 Å². The smallest absolute Gasteiger partial charge is 0.358 e. The Balaban J connectivity index is 2.72. The number of rotatable bonds is 4. The molecule has 0 saturated carbocycles. The van der Waals surface area contributed by atoms with Gasteiger partial charge >= 0.3 is 5.97 Å². The van der Waals surface area contributed by atoms with Gasteiger partial charge in [0.15, 0.2) is 0 Å². The van der Waals surface area contributed by atoms with Crippen molar-refractivity contribution in [2.24, 2.45) is 0 Å². The lowest BCUT2D eigenvalue weighted by atomic mass is 10.1. The predicted molar refractivity (Wildman–Crippen MR) is 57.3 cm³/mol. The Morgan fingerprint density at radius 2 is 2.33 bits per heavy atom. The van der Waals surface area contributed by atoms with Crippen LogP contribution in [0, 0.1) is 0 Å². The molecule has 0 saturated heterocycles. The second kappa shape index (κ2) is 5.46. The Labute approximate surface area is 89.6 Å². The maximum Gasteiger partial charge on any atom is 0.358 e. The van der Waals surface area contributed by atoms with Crippen LogP contribution in [0.4, 0.5) is 0 Å². The molecule has 0 unspecified atom stereocenters. The fourth-order valence-electron chi connectivity index (χ4n) is 1.13. The average Bonchev–Trinajstić information content (AvgIpc) is 2.25. The molecule has 4 heteroatoms. The third kappa shape index (κ3) is 3.32. The van der Waals surface area contributed by atoms with Crippen molar-refractivity contribution in [1.82, 2.24) is 10.5 Å².